The molecule has 0 radical (unpaired) electrons. The molecule has 1 unspecified atom stereocenters. The Morgan fingerprint density at radius 2 is 1.96 bits per heavy atom. The largest absolute Gasteiger partial charge is 0.481 e. The molecular formula is C21H25N3O3. The van der Waals surface area contributed by atoms with Crippen LogP contribution in [-0.4, -0.2) is 52.2 Å². The van der Waals surface area contributed by atoms with Gasteiger partial charge in [-0.05, 0) is 25.3 Å². The lowest BCUT2D eigenvalue weighted by Crippen LogP contribution is -2.40. The highest BCUT2D eigenvalue weighted by atomic mass is 16.5. The molecular weight excluding hydrogens is 342 g/mol. The second kappa shape index (κ2) is 7.37. The Bertz CT molecular complexity index is 816. The first-order valence-corrected chi connectivity index (χ1v) is 9.47. The van der Waals surface area contributed by atoms with E-state index in [1.54, 1.807) is 0 Å². The number of carboxylic acid groups (broad SMARTS) is 1. The standard InChI is InChI=1S/C21H25N3O3/c1-15-4-2-3-5-17(15)19-22-10-16(11-23-19)12-24-13-18(20(25)26)21(14-24)6-8-27-9-7-21/h2-5,10-11,18H,6-9,12-14H2,1H3,(H,25,26). The number of aliphatic carboxylic acids is 1. The van der Waals surface area contributed by atoms with E-state index in [1.165, 1.54) is 0 Å². The molecule has 4 rings (SSSR count). The lowest BCUT2D eigenvalue weighted by Gasteiger charge is -2.36. The van der Waals surface area contributed by atoms with Crippen LogP contribution in [0.5, 0.6) is 0 Å². The predicted molar refractivity (Wildman–Crippen MR) is 101 cm³/mol. The van der Waals surface area contributed by atoms with Crippen LogP contribution in [0.3, 0.4) is 0 Å². The Morgan fingerprint density at radius 1 is 1.26 bits per heavy atom. The summed E-state index contributed by atoms with van der Waals surface area (Å²) in [5, 5.41) is 9.71. The zero-order valence-corrected chi connectivity index (χ0v) is 15.6. The fourth-order valence-electron chi connectivity index (χ4n) is 4.47. The van der Waals surface area contributed by atoms with Crippen LogP contribution in [0.25, 0.3) is 11.4 Å². The molecule has 1 spiro atoms. The van der Waals surface area contributed by atoms with Gasteiger partial charge in [-0.1, -0.05) is 24.3 Å². The molecule has 3 heterocycles. The highest BCUT2D eigenvalue weighted by molar-refractivity contribution is 5.72. The predicted octanol–water partition coefficient (Wildman–Crippen LogP) is 2.77. The first-order chi connectivity index (χ1) is 13.1. The van der Waals surface area contributed by atoms with Gasteiger partial charge in [0.1, 0.15) is 0 Å². The molecule has 1 aromatic heterocycles. The van der Waals surface area contributed by atoms with Crippen molar-refractivity contribution >= 4 is 5.97 Å². The number of benzene rings is 1. The van der Waals surface area contributed by atoms with Crippen molar-refractivity contribution in [1.82, 2.24) is 14.9 Å². The van der Waals surface area contributed by atoms with Gasteiger partial charge in [0.15, 0.2) is 5.82 Å². The van der Waals surface area contributed by atoms with Crippen LogP contribution >= 0.6 is 0 Å². The van der Waals surface area contributed by atoms with Crippen molar-refractivity contribution in [2.75, 3.05) is 26.3 Å². The molecule has 0 amide bonds. The average molecular weight is 367 g/mol. The number of nitrogens with zero attached hydrogens (tertiary/aromatic N) is 3. The average Bonchev–Trinajstić information content (AvgIpc) is 3.01. The molecule has 0 bridgehead atoms. The summed E-state index contributed by atoms with van der Waals surface area (Å²) in [6, 6.07) is 8.07. The zero-order valence-electron chi connectivity index (χ0n) is 15.6. The van der Waals surface area contributed by atoms with E-state index in [0.29, 0.717) is 26.3 Å². The Labute approximate surface area is 159 Å². The molecule has 142 valence electrons. The summed E-state index contributed by atoms with van der Waals surface area (Å²) in [7, 11) is 0. The van der Waals surface area contributed by atoms with Gasteiger partial charge >= 0.3 is 5.97 Å². The summed E-state index contributed by atoms with van der Waals surface area (Å²) in [6.45, 7) is 5.43. The highest BCUT2D eigenvalue weighted by Crippen LogP contribution is 2.44. The first kappa shape index (κ1) is 18.1. The normalized spacial score (nSPS) is 22.2. The number of aryl methyl sites for hydroxylation is 1. The number of likely N-dealkylation sites (tertiary alicyclic amines) is 1. The number of carbonyl (C=O) groups is 1. The quantitative estimate of drug-likeness (QED) is 0.896. The molecule has 2 aliphatic heterocycles. The summed E-state index contributed by atoms with van der Waals surface area (Å²) in [6.07, 6.45) is 5.37. The second-order valence-electron chi connectivity index (χ2n) is 7.77. The topological polar surface area (TPSA) is 75.6 Å². The summed E-state index contributed by atoms with van der Waals surface area (Å²) < 4.78 is 5.47. The minimum atomic E-state index is -0.689. The van der Waals surface area contributed by atoms with Crippen LogP contribution in [0.2, 0.25) is 0 Å². The summed E-state index contributed by atoms with van der Waals surface area (Å²) in [5.74, 6) is -0.290. The molecule has 1 atom stereocenters. The Hall–Kier alpha value is -2.31. The Balaban J connectivity index is 1.48. The lowest BCUT2D eigenvalue weighted by molar-refractivity contribution is -0.147. The summed E-state index contributed by atoms with van der Waals surface area (Å²) in [4.78, 5) is 23.1. The van der Waals surface area contributed by atoms with E-state index < -0.39 is 5.97 Å². The third-order valence-corrected chi connectivity index (χ3v) is 6.00. The van der Waals surface area contributed by atoms with Crippen molar-refractivity contribution < 1.29 is 14.6 Å². The van der Waals surface area contributed by atoms with Crippen molar-refractivity contribution in [1.29, 1.82) is 0 Å². The minimum absolute atomic E-state index is 0.161. The van der Waals surface area contributed by atoms with Gasteiger partial charge in [0, 0.05) is 61.8 Å². The maximum Gasteiger partial charge on any atom is 0.308 e. The van der Waals surface area contributed by atoms with Crippen molar-refractivity contribution in [3.63, 3.8) is 0 Å². The van der Waals surface area contributed by atoms with E-state index >= 15 is 0 Å². The number of ether oxygens (including phenoxy) is 1. The molecule has 2 aliphatic rings. The summed E-state index contributed by atoms with van der Waals surface area (Å²) >= 11 is 0. The highest BCUT2D eigenvalue weighted by Gasteiger charge is 2.50. The maximum absolute atomic E-state index is 11.8. The van der Waals surface area contributed by atoms with Crippen LogP contribution < -0.4 is 0 Å². The molecule has 27 heavy (non-hydrogen) atoms. The van der Waals surface area contributed by atoms with Crippen LogP contribution in [0.15, 0.2) is 36.7 Å². The molecule has 0 saturated carbocycles. The monoisotopic (exact) mass is 367 g/mol. The fourth-order valence-corrected chi connectivity index (χ4v) is 4.47. The number of carboxylic acids is 1. The van der Waals surface area contributed by atoms with E-state index in [0.717, 1.165) is 41.9 Å². The Morgan fingerprint density at radius 3 is 2.63 bits per heavy atom. The van der Waals surface area contributed by atoms with Crippen LogP contribution in [0.1, 0.15) is 24.0 Å². The smallest absolute Gasteiger partial charge is 0.308 e. The van der Waals surface area contributed by atoms with Gasteiger partial charge in [-0.3, -0.25) is 9.69 Å². The third-order valence-electron chi connectivity index (χ3n) is 6.00. The van der Waals surface area contributed by atoms with Crippen LogP contribution in [0, 0.1) is 18.3 Å². The number of hydrogen-bond acceptors (Lipinski definition) is 5. The lowest BCUT2D eigenvalue weighted by atomic mass is 9.72. The van der Waals surface area contributed by atoms with Crippen LogP contribution in [-0.2, 0) is 16.1 Å². The molecule has 1 N–H and O–H groups in total. The van der Waals surface area contributed by atoms with Gasteiger partial charge < -0.3 is 9.84 Å². The van der Waals surface area contributed by atoms with Crippen molar-refractivity contribution in [2.45, 2.75) is 26.3 Å². The third kappa shape index (κ3) is 3.59. The maximum atomic E-state index is 11.8. The SMILES string of the molecule is Cc1ccccc1-c1ncc(CN2CC(C(=O)O)C3(CCOCC3)C2)cn1. The number of hydrogen-bond donors (Lipinski definition) is 1. The van der Waals surface area contributed by atoms with Gasteiger partial charge in [-0.15, -0.1) is 0 Å². The molecule has 6 nitrogen and oxygen atoms in total. The molecule has 2 aromatic rings. The van der Waals surface area contributed by atoms with E-state index in [9.17, 15) is 9.90 Å². The fraction of sp³-hybridized carbons (Fsp3) is 0.476. The van der Waals surface area contributed by atoms with Gasteiger partial charge in [0.25, 0.3) is 0 Å². The van der Waals surface area contributed by atoms with Crippen molar-refractivity contribution in [3.8, 4) is 11.4 Å². The van der Waals surface area contributed by atoms with E-state index in [4.69, 9.17) is 4.74 Å². The van der Waals surface area contributed by atoms with E-state index in [2.05, 4.69) is 27.9 Å². The molecule has 1 aromatic carbocycles. The Kier molecular flexibility index (Phi) is 4.93. The molecule has 2 fully saturated rings. The first-order valence-electron chi connectivity index (χ1n) is 9.47. The van der Waals surface area contributed by atoms with Gasteiger partial charge in [0.2, 0.25) is 0 Å². The van der Waals surface area contributed by atoms with Crippen molar-refractivity contribution in [3.05, 3.63) is 47.8 Å². The van der Waals surface area contributed by atoms with Crippen LogP contribution in [0.4, 0.5) is 0 Å². The van der Waals surface area contributed by atoms with Gasteiger partial charge in [-0.2, -0.15) is 0 Å². The van der Waals surface area contributed by atoms with E-state index in [-0.39, 0.29) is 11.3 Å². The minimum Gasteiger partial charge on any atom is -0.481 e. The number of rotatable bonds is 4. The molecule has 6 heteroatoms. The van der Waals surface area contributed by atoms with E-state index in [1.807, 2.05) is 30.6 Å². The summed E-state index contributed by atoms with van der Waals surface area (Å²) in [5.41, 5.74) is 3.04. The van der Waals surface area contributed by atoms with Gasteiger partial charge in [0.05, 0.1) is 5.92 Å². The van der Waals surface area contributed by atoms with Gasteiger partial charge in [-0.25, -0.2) is 9.97 Å². The second-order valence-corrected chi connectivity index (χ2v) is 7.77. The molecule has 2 saturated heterocycles. The number of aromatic nitrogens is 2. The van der Waals surface area contributed by atoms with Crippen molar-refractivity contribution in [2.24, 2.45) is 11.3 Å². The molecule has 0 aliphatic carbocycles. The zero-order chi connectivity index (χ0) is 18.9.